The topological polar surface area (TPSA) is 34.1 Å². The van der Waals surface area contributed by atoms with Crippen molar-refractivity contribution in [2.75, 3.05) is 6.26 Å². The van der Waals surface area contributed by atoms with Gasteiger partial charge < -0.3 is 0 Å². The molecule has 1 aliphatic rings. The molecule has 17 heavy (non-hydrogen) atoms. The van der Waals surface area contributed by atoms with Crippen LogP contribution in [-0.4, -0.2) is 14.7 Å². The predicted octanol–water partition coefficient (Wildman–Crippen LogP) is 3.23. The highest BCUT2D eigenvalue weighted by atomic mass is 35.5. The standard InChI is InChI=1S/C13H13ClO2S/c1-9-7-11(14)4-6-13(9)10-3-5-12(8-10)17(2,15)16/h3-8,10H,1-2H3. The molecule has 0 bridgehead atoms. The minimum absolute atomic E-state index is 0.0250. The van der Waals surface area contributed by atoms with E-state index < -0.39 is 9.84 Å². The highest BCUT2D eigenvalue weighted by molar-refractivity contribution is 7.94. The summed E-state index contributed by atoms with van der Waals surface area (Å²) < 4.78 is 22.8. The molecular formula is C13H13ClO2S. The van der Waals surface area contributed by atoms with Gasteiger partial charge in [0.25, 0.3) is 0 Å². The summed E-state index contributed by atoms with van der Waals surface area (Å²) in [6.07, 6.45) is 6.55. The Morgan fingerprint density at radius 2 is 2.00 bits per heavy atom. The normalized spacial score (nSPS) is 19.5. The van der Waals surface area contributed by atoms with E-state index >= 15 is 0 Å². The zero-order chi connectivity index (χ0) is 12.6. The van der Waals surface area contributed by atoms with Gasteiger partial charge in [-0.1, -0.05) is 29.8 Å². The molecule has 0 heterocycles. The summed E-state index contributed by atoms with van der Waals surface area (Å²) in [7, 11) is -3.12. The number of sulfone groups is 1. The van der Waals surface area contributed by atoms with Crippen LogP contribution in [0.3, 0.4) is 0 Å². The minimum atomic E-state index is -3.12. The number of benzene rings is 1. The molecule has 0 saturated heterocycles. The van der Waals surface area contributed by atoms with E-state index in [-0.39, 0.29) is 5.92 Å². The maximum absolute atomic E-state index is 11.4. The van der Waals surface area contributed by atoms with E-state index in [0.29, 0.717) is 9.93 Å². The Morgan fingerprint density at radius 1 is 1.29 bits per heavy atom. The molecule has 1 atom stereocenters. The Kier molecular flexibility index (Phi) is 3.15. The zero-order valence-corrected chi connectivity index (χ0v) is 11.2. The Morgan fingerprint density at radius 3 is 2.53 bits per heavy atom. The maximum Gasteiger partial charge on any atom is 0.175 e. The molecule has 2 rings (SSSR count). The Hall–Kier alpha value is -1.06. The second-order valence-corrected chi connectivity index (χ2v) is 6.68. The molecule has 1 aliphatic carbocycles. The smallest absolute Gasteiger partial charge is 0.175 e. The Labute approximate surface area is 107 Å². The van der Waals surface area contributed by atoms with Gasteiger partial charge in [-0.25, -0.2) is 8.42 Å². The molecule has 1 unspecified atom stereocenters. The van der Waals surface area contributed by atoms with Crippen LogP contribution in [0.25, 0.3) is 0 Å². The van der Waals surface area contributed by atoms with Crippen molar-refractivity contribution in [2.24, 2.45) is 0 Å². The van der Waals surface area contributed by atoms with Crippen molar-refractivity contribution in [2.45, 2.75) is 12.8 Å². The molecule has 0 fully saturated rings. The average Bonchev–Trinajstić information content (AvgIpc) is 2.65. The molecule has 0 saturated carbocycles. The quantitative estimate of drug-likeness (QED) is 0.825. The molecule has 0 aliphatic heterocycles. The minimum Gasteiger partial charge on any atom is -0.224 e. The van der Waals surface area contributed by atoms with Gasteiger partial charge in [-0.05, 0) is 36.3 Å². The van der Waals surface area contributed by atoms with E-state index in [0.717, 1.165) is 11.1 Å². The monoisotopic (exact) mass is 268 g/mol. The fraction of sp³-hybridized carbons (Fsp3) is 0.231. The third-order valence-electron chi connectivity index (χ3n) is 2.83. The molecule has 0 N–H and O–H groups in total. The first-order chi connectivity index (χ1) is 7.88. The summed E-state index contributed by atoms with van der Waals surface area (Å²) in [4.78, 5) is 0.386. The van der Waals surface area contributed by atoms with Crippen LogP contribution >= 0.6 is 11.6 Å². The summed E-state index contributed by atoms with van der Waals surface area (Å²) in [6.45, 7) is 1.97. The number of hydrogen-bond donors (Lipinski definition) is 0. The van der Waals surface area contributed by atoms with Gasteiger partial charge in [-0.15, -0.1) is 0 Å². The number of aryl methyl sites for hydroxylation is 1. The highest BCUT2D eigenvalue weighted by Crippen LogP contribution is 2.31. The Bertz CT molecular complexity index is 612. The van der Waals surface area contributed by atoms with Gasteiger partial charge in [0.15, 0.2) is 9.84 Å². The van der Waals surface area contributed by atoms with Crippen molar-refractivity contribution in [1.29, 1.82) is 0 Å². The Balaban J connectivity index is 2.39. The summed E-state index contributed by atoms with van der Waals surface area (Å²) in [5, 5.41) is 0.695. The molecule has 1 aromatic carbocycles. The van der Waals surface area contributed by atoms with Crippen molar-refractivity contribution < 1.29 is 8.42 Å². The van der Waals surface area contributed by atoms with Crippen molar-refractivity contribution in [3.8, 4) is 0 Å². The number of halogens is 1. The average molecular weight is 269 g/mol. The number of allylic oxidation sites excluding steroid dienone is 3. The number of rotatable bonds is 2. The molecular weight excluding hydrogens is 256 g/mol. The van der Waals surface area contributed by atoms with E-state index in [1.165, 1.54) is 6.26 Å². The van der Waals surface area contributed by atoms with E-state index in [1.807, 2.05) is 31.2 Å². The second-order valence-electron chi connectivity index (χ2n) is 4.23. The van der Waals surface area contributed by atoms with Crippen LogP contribution < -0.4 is 0 Å². The van der Waals surface area contributed by atoms with E-state index in [4.69, 9.17) is 11.6 Å². The lowest BCUT2D eigenvalue weighted by molar-refractivity contribution is 0.608. The first kappa shape index (κ1) is 12.4. The van der Waals surface area contributed by atoms with E-state index in [1.54, 1.807) is 12.2 Å². The maximum atomic E-state index is 11.4. The van der Waals surface area contributed by atoms with Crippen LogP contribution in [0.4, 0.5) is 0 Å². The third-order valence-corrected chi connectivity index (χ3v) is 4.19. The van der Waals surface area contributed by atoms with Crippen LogP contribution in [0.2, 0.25) is 5.02 Å². The van der Waals surface area contributed by atoms with Crippen molar-refractivity contribution in [1.82, 2.24) is 0 Å². The molecule has 0 spiro atoms. The first-order valence-electron chi connectivity index (χ1n) is 5.24. The third kappa shape index (κ3) is 2.61. The molecule has 0 aromatic heterocycles. The van der Waals surface area contributed by atoms with Crippen LogP contribution in [0.5, 0.6) is 0 Å². The first-order valence-corrected chi connectivity index (χ1v) is 7.51. The lowest BCUT2D eigenvalue weighted by atomic mass is 9.96. The molecule has 0 radical (unpaired) electrons. The lowest BCUT2D eigenvalue weighted by Crippen LogP contribution is -1.97. The van der Waals surface area contributed by atoms with Crippen LogP contribution in [0, 0.1) is 6.92 Å². The van der Waals surface area contributed by atoms with Gasteiger partial charge in [-0.2, -0.15) is 0 Å². The fourth-order valence-corrected chi connectivity index (χ4v) is 2.89. The predicted molar refractivity (Wildman–Crippen MR) is 71.0 cm³/mol. The molecule has 2 nitrogen and oxygen atoms in total. The van der Waals surface area contributed by atoms with E-state index in [9.17, 15) is 8.42 Å². The summed E-state index contributed by atoms with van der Waals surface area (Å²) in [5.41, 5.74) is 2.16. The largest absolute Gasteiger partial charge is 0.224 e. The summed E-state index contributed by atoms with van der Waals surface area (Å²) in [5.74, 6) is 0.0250. The van der Waals surface area contributed by atoms with Crippen LogP contribution in [-0.2, 0) is 9.84 Å². The molecule has 0 amide bonds. The van der Waals surface area contributed by atoms with Crippen molar-refractivity contribution in [3.05, 3.63) is 57.5 Å². The molecule has 4 heteroatoms. The van der Waals surface area contributed by atoms with Crippen molar-refractivity contribution in [3.63, 3.8) is 0 Å². The van der Waals surface area contributed by atoms with Gasteiger partial charge in [-0.3, -0.25) is 0 Å². The van der Waals surface area contributed by atoms with Gasteiger partial charge in [0, 0.05) is 17.2 Å². The summed E-state index contributed by atoms with van der Waals surface area (Å²) >= 11 is 5.90. The SMILES string of the molecule is Cc1cc(Cl)ccc1C1C=CC(S(C)(=O)=O)=C1. The molecule has 90 valence electrons. The van der Waals surface area contributed by atoms with E-state index in [2.05, 4.69) is 0 Å². The fourth-order valence-electron chi connectivity index (χ4n) is 1.94. The molecule has 1 aromatic rings. The van der Waals surface area contributed by atoms with Gasteiger partial charge in [0.1, 0.15) is 0 Å². The van der Waals surface area contributed by atoms with Crippen LogP contribution in [0.1, 0.15) is 17.0 Å². The van der Waals surface area contributed by atoms with Gasteiger partial charge in [0.05, 0.1) is 4.91 Å². The van der Waals surface area contributed by atoms with Crippen molar-refractivity contribution >= 4 is 21.4 Å². The number of hydrogen-bond acceptors (Lipinski definition) is 2. The second kappa shape index (κ2) is 4.31. The zero-order valence-electron chi connectivity index (χ0n) is 9.64. The van der Waals surface area contributed by atoms with Gasteiger partial charge in [0.2, 0.25) is 0 Å². The van der Waals surface area contributed by atoms with Gasteiger partial charge >= 0.3 is 0 Å². The highest BCUT2D eigenvalue weighted by Gasteiger charge is 2.19. The van der Waals surface area contributed by atoms with Crippen LogP contribution in [0.15, 0.2) is 41.3 Å². The lowest BCUT2D eigenvalue weighted by Gasteiger charge is -2.09. The summed E-state index contributed by atoms with van der Waals surface area (Å²) in [6, 6.07) is 5.65.